The monoisotopic (exact) mass is 336 g/mol. The topological polar surface area (TPSA) is 78.4 Å². The lowest BCUT2D eigenvalue weighted by Crippen LogP contribution is -2.00. The Kier molecular flexibility index (Phi) is 4.24. The second-order valence-electron chi connectivity index (χ2n) is 4.35. The molecule has 2 rings (SSSR count). The largest absolute Gasteiger partial charge is 0.489 e. The second kappa shape index (κ2) is 5.92. The van der Waals surface area contributed by atoms with Gasteiger partial charge in [0, 0.05) is 10.5 Å². The van der Waals surface area contributed by atoms with Gasteiger partial charge in [0.2, 0.25) is 0 Å². The maximum Gasteiger partial charge on any atom is 0.292 e. The van der Waals surface area contributed by atoms with Crippen LogP contribution in [0.2, 0.25) is 0 Å². The van der Waals surface area contributed by atoms with E-state index in [-0.39, 0.29) is 18.0 Å². The third kappa shape index (κ3) is 3.27. The smallest absolute Gasteiger partial charge is 0.292 e. The number of nitro groups is 1. The number of hydrogen-bond donors (Lipinski definition) is 1. The van der Waals surface area contributed by atoms with Crippen molar-refractivity contribution in [2.45, 2.75) is 13.5 Å². The Morgan fingerprint density at radius 3 is 2.75 bits per heavy atom. The Morgan fingerprint density at radius 2 is 2.05 bits per heavy atom. The number of benzene rings is 2. The van der Waals surface area contributed by atoms with E-state index in [0.29, 0.717) is 5.56 Å². The lowest BCUT2D eigenvalue weighted by molar-refractivity contribution is -0.384. The molecule has 2 aromatic carbocycles. The van der Waals surface area contributed by atoms with Crippen molar-refractivity contribution in [3.05, 3.63) is 62.1 Å². The van der Waals surface area contributed by atoms with Gasteiger partial charge in [0.1, 0.15) is 18.0 Å². The van der Waals surface area contributed by atoms with Gasteiger partial charge >= 0.3 is 0 Å². The number of ether oxygens (including phenoxy) is 1. The van der Waals surface area contributed by atoms with Gasteiger partial charge in [0.25, 0.3) is 5.69 Å². The third-order valence-corrected chi connectivity index (χ3v) is 3.33. The second-order valence-corrected chi connectivity index (χ2v) is 5.26. The minimum atomic E-state index is -0.497. The zero-order valence-electron chi connectivity index (χ0n) is 10.8. The maximum absolute atomic E-state index is 10.8. The number of aryl methyl sites for hydroxylation is 1. The Balaban J connectivity index is 2.17. The Labute approximate surface area is 124 Å². The molecule has 104 valence electrons. The molecule has 0 aromatic heterocycles. The van der Waals surface area contributed by atoms with Gasteiger partial charge in [-0.2, -0.15) is 0 Å². The average Bonchev–Trinajstić information content (AvgIpc) is 2.41. The lowest BCUT2D eigenvalue weighted by atomic mass is 10.2. The van der Waals surface area contributed by atoms with E-state index in [4.69, 9.17) is 10.5 Å². The molecule has 0 bridgehead atoms. The van der Waals surface area contributed by atoms with Crippen molar-refractivity contribution >= 4 is 27.3 Å². The van der Waals surface area contributed by atoms with Crippen LogP contribution in [0.5, 0.6) is 5.75 Å². The van der Waals surface area contributed by atoms with E-state index in [2.05, 4.69) is 15.9 Å². The first-order valence-corrected chi connectivity index (χ1v) is 6.68. The number of halogens is 1. The van der Waals surface area contributed by atoms with E-state index < -0.39 is 4.92 Å². The van der Waals surface area contributed by atoms with Gasteiger partial charge in [-0.1, -0.05) is 28.1 Å². The van der Waals surface area contributed by atoms with Crippen LogP contribution in [-0.2, 0) is 6.61 Å². The van der Waals surface area contributed by atoms with Gasteiger partial charge in [-0.15, -0.1) is 0 Å². The first-order valence-electron chi connectivity index (χ1n) is 5.89. The standard InChI is InChI=1S/C14H13BrN2O3/c1-9-2-4-11(15)7-14(9)20-8-10-3-5-12(16)13(6-10)17(18)19/h2-7H,8,16H2,1H3. The Morgan fingerprint density at radius 1 is 1.30 bits per heavy atom. The van der Waals surface area contributed by atoms with Crippen molar-refractivity contribution in [1.82, 2.24) is 0 Å². The highest BCUT2D eigenvalue weighted by Gasteiger charge is 2.12. The van der Waals surface area contributed by atoms with Crippen molar-refractivity contribution < 1.29 is 9.66 Å². The van der Waals surface area contributed by atoms with Crippen molar-refractivity contribution in [2.24, 2.45) is 0 Å². The van der Waals surface area contributed by atoms with Crippen LogP contribution in [0.25, 0.3) is 0 Å². The molecule has 0 heterocycles. The minimum absolute atomic E-state index is 0.0999. The summed E-state index contributed by atoms with van der Waals surface area (Å²) in [5.41, 5.74) is 7.30. The summed E-state index contributed by atoms with van der Waals surface area (Å²) in [6, 6.07) is 10.4. The molecule has 0 atom stereocenters. The van der Waals surface area contributed by atoms with Crippen LogP contribution in [0.1, 0.15) is 11.1 Å². The average molecular weight is 337 g/mol. The van der Waals surface area contributed by atoms with Crippen molar-refractivity contribution in [2.75, 3.05) is 5.73 Å². The van der Waals surface area contributed by atoms with Crippen LogP contribution >= 0.6 is 15.9 Å². The molecule has 0 saturated carbocycles. The molecule has 0 aliphatic heterocycles. The molecule has 0 fully saturated rings. The summed E-state index contributed by atoms with van der Waals surface area (Å²) in [6.45, 7) is 2.19. The third-order valence-electron chi connectivity index (χ3n) is 2.84. The Bertz CT molecular complexity index is 659. The number of nitro benzene ring substituents is 1. The number of rotatable bonds is 4. The Hall–Kier alpha value is -2.08. The predicted molar refractivity (Wildman–Crippen MR) is 80.7 cm³/mol. The summed E-state index contributed by atoms with van der Waals surface area (Å²) < 4.78 is 6.60. The summed E-state index contributed by atoms with van der Waals surface area (Å²) in [5.74, 6) is 0.735. The van der Waals surface area contributed by atoms with Gasteiger partial charge in [-0.05, 0) is 36.2 Å². The quantitative estimate of drug-likeness (QED) is 0.522. The maximum atomic E-state index is 10.8. The van der Waals surface area contributed by atoms with Crippen LogP contribution in [0.15, 0.2) is 40.9 Å². The molecule has 5 nitrogen and oxygen atoms in total. The zero-order chi connectivity index (χ0) is 14.7. The number of nitrogens with two attached hydrogens (primary N) is 1. The molecule has 2 aromatic rings. The molecule has 0 aliphatic rings. The van der Waals surface area contributed by atoms with E-state index in [1.54, 1.807) is 6.07 Å². The lowest BCUT2D eigenvalue weighted by Gasteiger charge is -2.10. The molecule has 0 amide bonds. The molecule has 0 radical (unpaired) electrons. The summed E-state index contributed by atoms with van der Waals surface area (Å²) in [5, 5.41) is 10.8. The van der Waals surface area contributed by atoms with Crippen molar-refractivity contribution in [3.8, 4) is 5.75 Å². The molecular formula is C14H13BrN2O3. The highest BCUT2D eigenvalue weighted by Crippen LogP contribution is 2.26. The molecule has 0 spiro atoms. The molecule has 0 saturated heterocycles. The van der Waals surface area contributed by atoms with E-state index in [1.807, 2.05) is 25.1 Å². The summed E-state index contributed by atoms with van der Waals surface area (Å²) in [4.78, 5) is 10.3. The van der Waals surface area contributed by atoms with Gasteiger partial charge in [0.15, 0.2) is 0 Å². The van der Waals surface area contributed by atoms with Gasteiger partial charge < -0.3 is 10.5 Å². The first-order chi connectivity index (χ1) is 9.47. The molecule has 0 aliphatic carbocycles. The van der Waals surface area contributed by atoms with E-state index in [9.17, 15) is 10.1 Å². The predicted octanol–water partition coefficient (Wildman–Crippen LogP) is 3.83. The molecular weight excluding hydrogens is 324 g/mol. The summed E-state index contributed by atoms with van der Waals surface area (Å²) in [6.07, 6.45) is 0. The van der Waals surface area contributed by atoms with E-state index in [0.717, 1.165) is 15.8 Å². The van der Waals surface area contributed by atoms with Crippen LogP contribution in [0, 0.1) is 17.0 Å². The molecule has 6 heteroatoms. The number of nitrogen functional groups attached to an aromatic ring is 1. The van der Waals surface area contributed by atoms with Gasteiger partial charge in [-0.25, -0.2) is 0 Å². The fourth-order valence-corrected chi connectivity index (χ4v) is 2.07. The van der Waals surface area contributed by atoms with Crippen molar-refractivity contribution in [3.63, 3.8) is 0 Å². The normalized spacial score (nSPS) is 10.3. The summed E-state index contributed by atoms with van der Waals surface area (Å²) in [7, 11) is 0. The molecule has 20 heavy (non-hydrogen) atoms. The fraction of sp³-hybridized carbons (Fsp3) is 0.143. The van der Waals surface area contributed by atoms with Crippen molar-refractivity contribution in [1.29, 1.82) is 0 Å². The van der Waals surface area contributed by atoms with Crippen LogP contribution in [-0.4, -0.2) is 4.92 Å². The zero-order valence-corrected chi connectivity index (χ0v) is 12.4. The highest BCUT2D eigenvalue weighted by atomic mass is 79.9. The SMILES string of the molecule is Cc1ccc(Br)cc1OCc1ccc(N)c([N+](=O)[O-])c1. The number of hydrogen-bond acceptors (Lipinski definition) is 4. The van der Waals surface area contributed by atoms with Crippen LogP contribution < -0.4 is 10.5 Å². The van der Waals surface area contributed by atoms with Crippen LogP contribution in [0.3, 0.4) is 0 Å². The van der Waals surface area contributed by atoms with Gasteiger partial charge in [0.05, 0.1) is 4.92 Å². The number of anilines is 1. The molecule has 0 unspecified atom stereocenters. The minimum Gasteiger partial charge on any atom is -0.489 e. The first kappa shape index (κ1) is 14.3. The fourth-order valence-electron chi connectivity index (χ4n) is 1.73. The number of nitrogens with zero attached hydrogens (tertiary/aromatic N) is 1. The van der Waals surface area contributed by atoms with Gasteiger partial charge in [-0.3, -0.25) is 10.1 Å². The van der Waals surface area contributed by atoms with E-state index >= 15 is 0 Å². The summed E-state index contributed by atoms with van der Waals surface area (Å²) >= 11 is 3.38. The van der Waals surface area contributed by atoms with E-state index in [1.165, 1.54) is 12.1 Å². The highest BCUT2D eigenvalue weighted by molar-refractivity contribution is 9.10. The van der Waals surface area contributed by atoms with Crippen LogP contribution in [0.4, 0.5) is 11.4 Å². The molecule has 2 N–H and O–H groups in total.